The van der Waals surface area contributed by atoms with E-state index in [2.05, 4.69) is 10.0 Å². The SMILES string of the molecule is COc1cc(C(=O)NCCNS(=O)(=O)c2ccc(F)cc2)cc(OC)c1OC. The second-order valence-electron chi connectivity index (χ2n) is 5.52. The first-order valence-electron chi connectivity index (χ1n) is 8.15. The Labute approximate surface area is 162 Å². The van der Waals surface area contributed by atoms with E-state index in [-0.39, 0.29) is 23.5 Å². The Hall–Kier alpha value is -2.85. The molecule has 2 rings (SSSR count). The Morgan fingerprint density at radius 1 is 0.964 bits per heavy atom. The van der Waals surface area contributed by atoms with Crippen molar-refractivity contribution >= 4 is 15.9 Å². The highest BCUT2D eigenvalue weighted by molar-refractivity contribution is 7.89. The van der Waals surface area contributed by atoms with Gasteiger partial charge in [0.2, 0.25) is 15.8 Å². The topological polar surface area (TPSA) is 103 Å². The van der Waals surface area contributed by atoms with E-state index in [0.717, 1.165) is 24.3 Å². The number of benzene rings is 2. The van der Waals surface area contributed by atoms with Gasteiger partial charge in [-0.1, -0.05) is 0 Å². The molecule has 0 spiro atoms. The highest BCUT2D eigenvalue weighted by Crippen LogP contribution is 2.38. The number of ether oxygens (including phenoxy) is 3. The van der Waals surface area contributed by atoms with Gasteiger partial charge in [0, 0.05) is 18.7 Å². The molecule has 0 saturated heterocycles. The minimum atomic E-state index is -3.79. The number of rotatable bonds is 9. The molecule has 0 heterocycles. The molecular weight excluding hydrogens is 391 g/mol. The predicted octanol–water partition coefficient (Wildman–Crippen LogP) is 1.56. The van der Waals surface area contributed by atoms with Crippen LogP contribution in [0.5, 0.6) is 17.2 Å². The van der Waals surface area contributed by atoms with E-state index >= 15 is 0 Å². The van der Waals surface area contributed by atoms with E-state index in [1.807, 2.05) is 0 Å². The third-order valence-corrected chi connectivity index (χ3v) is 5.23. The van der Waals surface area contributed by atoms with Crippen LogP contribution in [-0.4, -0.2) is 48.7 Å². The molecule has 2 N–H and O–H groups in total. The lowest BCUT2D eigenvalue weighted by atomic mass is 10.1. The van der Waals surface area contributed by atoms with Crippen molar-refractivity contribution in [2.75, 3.05) is 34.4 Å². The summed E-state index contributed by atoms with van der Waals surface area (Å²) in [4.78, 5) is 12.3. The molecule has 10 heteroatoms. The van der Waals surface area contributed by atoms with E-state index in [9.17, 15) is 17.6 Å². The quantitative estimate of drug-likeness (QED) is 0.606. The summed E-state index contributed by atoms with van der Waals surface area (Å²) in [6, 6.07) is 7.40. The lowest BCUT2D eigenvalue weighted by Crippen LogP contribution is -2.34. The Morgan fingerprint density at radius 2 is 1.54 bits per heavy atom. The van der Waals surface area contributed by atoms with Crippen molar-refractivity contribution in [3.05, 3.63) is 47.8 Å². The number of amides is 1. The molecule has 0 aliphatic rings. The minimum Gasteiger partial charge on any atom is -0.493 e. The van der Waals surface area contributed by atoms with Crippen LogP contribution in [0.4, 0.5) is 4.39 Å². The van der Waals surface area contributed by atoms with Gasteiger partial charge in [0.25, 0.3) is 5.91 Å². The van der Waals surface area contributed by atoms with Crippen LogP contribution in [0.25, 0.3) is 0 Å². The molecule has 28 heavy (non-hydrogen) atoms. The molecular formula is C18H21FN2O6S. The van der Waals surface area contributed by atoms with E-state index in [0.29, 0.717) is 17.2 Å². The Bertz CT molecular complexity index is 907. The van der Waals surface area contributed by atoms with E-state index < -0.39 is 21.7 Å². The largest absolute Gasteiger partial charge is 0.493 e. The third-order valence-electron chi connectivity index (χ3n) is 3.75. The van der Waals surface area contributed by atoms with Gasteiger partial charge < -0.3 is 19.5 Å². The molecule has 0 aromatic heterocycles. The summed E-state index contributed by atoms with van der Waals surface area (Å²) in [7, 11) is 0.525. The molecule has 2 aromatic carbocycles. The van der Waals surface area contributed by atoms with Crippen LogP contribution in [0.15, 0.2) is 41.3 Å². The van der Waals surface area contributed by atoms with Gasteiger partial charge in [-0.25, -0.2) is 17.5 Å². The van der Waals surface area contributed by atoms with Crippen LogP contribution >= 0.6 is 0 Å². The van der Waals surface area contributed by atoms with E-state index in [1.54, 1.807) is 0 Å². The van der Waals surface area contributed by atoms with Crippen molar-refractivity contribution in [1.82, 2.24) is 10.0 Å². The summed E-state index contributed by atoms with van der Waals surface area (Å²) in [5, 5.41) is 2.59. The first-order chi connectivity index (χ1) is 13.3. The Balaban J connectivity index is 1.98. The number of carbonyl (C=O) groups excluding carboxylic acids is 1. The van der Waals surface area contributed by atoms with Crippen molar-refractivity contribution < 1.29 is 31.8 Å². The van der Waals surface area contributed by atoms with Crippen LogP contribution < -0.4 is 24.2 Å². The van der Waals surface area contributed by atoms with Gasteiger partial charge in [-0.3, -0.25) is 4.79 Å². The molecule has 0 fully saturated rings. The molecule has 0 bridgehead atoms. The zero-order valence-electron chi connectivity index (χ0n) is 15.6. The Morgan fingerprint density at radius 3 is 2.04 bits per heavy atom. The number of halogens is 1. The number of hydrogen-bond acceptors (Lipinski definition) is 6. The minimum absolute atomic E-state index is 0.0376. The molecule has 0 radical (unpaired) electrons. The maximum atomic E-state index is 12.9. The first-order valence-corrected chi connectivity index (χ1v) is 9.64. The second kappa shape index (κ2) is 9.38. The zero-order chi connectivity index (χ0) is 20.7. The van der Waals surface area contributed by atoms with Crippen LogP contribution in [0.1, 0.15) is 10.4 Å². The maximum Gasteiger partial charge on any atom is 0.251 e. The molecule has 0 unspecified atom stereocenters. The molecule has 2 aromatic rings. The van der Waals surface area contributed by atoms with Gasteiger partial charge in [-0.05, 0) is 36.4 Å². The molecule has 0 saturated carbocycles. The normalized spacial score (nSPS) is 11.0. The molecule has 8 nitrogen and oxygen atoms in total. The van der Waals surface area contributed by atoms with Crippen LogP contribution in [0, 0.1) is 5.82 Å². The summed E-state index contributed by atoms with van der Waals surface area (Å²) in [6.45, 7) is -0.00814. The fourth-order valence-electron chi connectivity index (χ4n) is 2.37. The summed E-state index contributed by atoms with van der Waals surface area (Å²) in [5.41, 5.74) is 0.260. The maximum absolute atomic E-state index is 12.9. The highest BCUT2D eigenvalue weighted by Gasteiger charge is 2.17. The van der Waals surface area contributed by atoms with E-state index in [1.165, 1.54) is 33.5 Å². The van der Waals surface area contributed by atoms with Gasteiger partial charge in [0.15, 0.2) is 11.5 Å². The lowest BCUT2D eigenvalue weighted by molar-refractivity contribution is 0.0953. The summed E-state index contributed by atoms with van der Waals surface area (Å²) < 4.78 is 55.0. The molecule has 0 aliphatic carbocycles. The van der Waals surface area contributed by atoms with Crippen molar-refractivity contribution in [1.29, 1.82) is 0 Å². The smallest absolute Gasteiger partial charge is 0.251 e. The lowest BCUT2D eigenvalue weighted by Gasteiger charge is -2.14. The van der Waals surface area contributed by atoms with Crippen molar-refractivity contribution in [2.45, 2.75) is 4.90 Å². The summed E-state index contributed by atoms with van der Waals surface area (Å²) in [6.07, 6.45) is 0. The van der Waals surface area contributed by atoms with Crippen LogP contribution in [0.3, 0.4) is 0 Å². The second-order valence-corrected chi connectivity index (χ2v) is 7.29. The van der Waals surface area contributed by atoms with Crippen molar-refractivity contribution in [3.63, 3.8) is 0 Å². The number of sulfonamides is 1. The highest BCUT2D eigenvalue weighted by atomic mass is 32.2. The van der Waals surface area contributed by atoms with Crippen molar-refractivity contribution in [2.24, 2.45) is 0 Å². The summed E-state index contributed by atoms with van der Waals surface area (Å²) in [5.74, 6) is 0.0263. The fourth-order valence-corrected chi connectivity index (χ4v) is 3.40. The van der Waals surface area contributed by atoms with Gasteiger partial charge in [-0.15, -0.1) is 0 Å². The van der Waals surface area contributed by atoms with Gasteiger partial charge in [0.05, 0.1) is 26.2 Å². The predicted molar refractivity (Wildman–Crippen MR) is 100 cm³/mol. The fraction of sp³-hybridized carbons (Fsp3) is 0.278. The third kappa shape index (κ3) is 5.11. The number of carbonyl (C=O) groups is 1. The number of hydrogen-bond donors (Lipinski definition) is 2. The van der Waals surface area contributed by atoms with Crippen molar-refractivity contribution in [3.8, 4) is 17.2 Å². The average Bonchev–Trinajstić information content (AvgIpc) is 2.70. The van der Waals surface area contributed by atoms with Crippen LogP contribution in [0.2, 0.25) is 0 Å². The van der Waals surface area contributed by atoms with Gasteiger partial charge in [0.1, 0.15) is 5.82 Å². The van der Waals surface area contributed by atoms with Gasteiger partial charge in [-0.2, -0.15) is 0 Å². The number of nitrogens with one attached hydrogen (secondary N) is 2. The number of methoxy groups -OCH3 is 3. The molecule has 0 aliphatic heterocycles. The molecule has 0 atom stereocenters. The Kier molecular flexibility index (Phi) is 7.18. The first kappa shape index (κ1) is 21.5. The average molecular weight is 412 g/mol. The summed E-state index contributed by atoms with van der Waals surface area (Å²) >= 11 is 0. The van der Waals surface area contributed by atoms with Gasteiger partial charge >= 0.3 is 0 Å². The zero-order valence-corrected chi connectivity index (χ0v) is 16.4. The monoisotopic (exact) mass is 412 g/mol. The molecule has 152 valence electrons. The molecule has 1 amide bonds. The van der Waals surface area contributed by atoms with E-state index in [4.69, 9.17) is 14.2 Å². The van der Waals surface area contributed by atoms with Crippen LogP contribution in [-0.2, 0) is 10.0 Å². The standard InChI is InChI=1S/C18H21FN2O6S/c1-25-15-10-12(11-16(26-2)17(15)27-3)18(22)20-8-9-21-28(23,24)14-6-4-13(19)5-7-14/h4-7,10-11,21H,8-9H2,1-3H3,(H,20,22).